The minimum absolute atomic E-state index is 0.0744. The van der Waals surface area contributed by atoms with Gasteiger partial charge in [-0.1, -0.05) is 76.8 Å². The van der Waals surface area contributed by atoms with E-state index in [0.717, 1.165) is 19.5 Å². The third kappa shape index (κ3) is 7.34. The Bertz CT molecular complexity index is 585. The van der Waals surface area contributed by atoms with E-state index in [4.69, 9.17) is 16.3 Å². The number of nitro groups is 1. The number of hydrogen-bond acceptors (Lipinski definition) is 4. The van der Waals surface area contributed by atoms with Gasteiger partial charge in [-0.3, -0.25) is 15.0 Å². The third-order valence-electron chi connectivity index (χ3n) is 5.46. The second-order valence-corrected chi connectivity index (χ2v) is 8.07. The number of nitro benzene ring substituents is 1. The molecule has 0 amide bonds. The second-order valence-electron chi connectivity index (χ2n) is 7.76. The number of halogens is 1. The van der Waals surface area contributed by atoms with Crippen molar-refractivity contribution in [3.8, 4) is 0 Å². The van der Waals surface area contributed by atoms with Gasteiger partial charge < -0.3 is 4.74 Å². The summed E-state index contributed by atoms with van der Waals surface area (Å²) in [5, 5.41) is 11.4. The molecule has 28 heavy (non-hydrogen) atoms. The predicted molar refractivity (Wildman–Crippen MR) is 115 cm³/mol. The van der Waals surface area contributed by atoms with E-state index in [0.29, 0.717) is 11.4 Å². The van der Waals surface area contributed by atoms with Gasteiger partial charge >= 0.3 is 0 Å². The minimum Gasteiger partial charge on any atom is -0.353 e. The Morgan fingerprint density at radius 3 is 2.29 bits per heavy atom. The van der Waals surface area contributed by atoms with Crippen LogP contribution >= 0.6 is 11.6 Å². The van der Waals surface area contributed by atoms with Crippen molar-refractivity contribution in [2.24, 2.45) is 0 Å². The zero-order valence-electron chi connectivity index (χ0n) is 17.2. The molecular weight excluding hydrogens is 376 g/mol. The van der Waals surface area contributed by atoms with Crippen LogP contribution < -0.4 is 0 Å². The molecule has 2 rings (SSSR count). The van der Waals surface area contributed by atoms with Crippen LogP contribution in [0.3, 0.4) is 0 Å². The molecule has 1 aliphatic heterocycles. The molecule has 1 saturated heterocycles. The van der Waals surface area contributed by atoms with Gasteiger partial charge in [-0.05, 0) is 12.5 Å². The lowest BCUT2D eigenvalue weighted by Gasteiger charge is -2.22. The van der Waals surface area contributed by atoms with Crippen LogP contribution in [0.4, 0.5) is 5.69 Å². The summed E-state index contributed by atoms with van der Waals surface area (Å²) in [4.78, 5) is 13.3. The Morgan fingerprint density at radius 1 is 1.07 bits per heavy atom. The lowest BCUT2D eigenvalue weighted by molar-refractivity contribution is -0.386. The van der Waals surface area contributed by atoms with E-state index in [1.807, 2.05) is 6.07 Å². The van der Waals surface area contributed by atoms with Crippen LogP contribution in [0.2, 0.25) is 0 Å². The largest absolute Gasteiger partial charge is 0.353 e. The first kappa shape index (κ1) is 23.1. The van der Waals surface area contributed by atoms with Crippen LogP contribution in [0, 0.1) is 10.1 Å². The summed E-state index contributed by atoms with van der Waals surface area (Å²) in [5.74, 6) is 0.408. The smallest absolute Gasteiger partial charge is 0.276 e. The lowest BCUT2D eigenvalue weighted by Crippen LogP contribution is -2.26. The highest BCUT2D eigenvalue weighted by Crippen LogP contribution is 2.35. The minimum atomic E-state index is -0.371. The summed E-state index contributed by atoms with van der Waals surface area (Å²) >= 11 is 6.01. The number of nitrogens with zero attached hydrogens (tertiary/aromatic N) is 2. The zero-order chi connectivity index (χ0) is 20.2. The number of para-hydroxylation sites is 1. The molecule has 1 fully saturated rings. The molecule has 0 N–H and O–H groups in total. The summed E-state index contributed by atoms with van der Waals surface area (Å²) in [5.41, 5.74) is 0.753. The first-order valence-corrected chi connectivity index (χ1v) is 11.4. The molecule has 158 valence electrons. The van der Waals surface area contributed by atoms with E-state index < -0.39 is 0 Å². The maximum absolute atomic E-state index is 11.4. The van der Waals surface area contributed by atoms with Gasteiger partial charge in [0.05, 0.1) is 16.6 Å². The Hall–Kier alpha value is -1.17. The molecule has 0 radical (unpaired) electrons. The highest BCUT2D eigenvalue weighted by atomic mass is 35.5. The van der Waals surface area contributed by atoms with Crippen molar-refractivity contribution in [1.82, 2.24) is 4.90 Å². The Balaban J connectivity index is 1.76. The number of alkyl halides is 1. The summed E-state index contributed by atoms with van der Waals surface area (Å²) in [6.07, 6.45) is 12.5. The summed E-state index contributed by atoms with van der Waals surface area (Å²) < 4.78 is 6.03. The van der Waals surface area contributed by atoms with Gasteiger partial charge in [-0.2, -0.15) is 0 Å². The summed E-state index contributed by atoms with van der Waals surface area (Å²) in [6, 6.07) is 6.87. The quantitative estimate of drug-likeness (QED) is 0.153. The van der Waals surface area contributed by atoms with Gasteiger partial charge in [0.25, 0.3) is 5.69 Å². The molecule has 2 unspecified atom stereocenters. The van der Waals surface area contributed by atoms with Crippen molar-refractivity contribution in [3.63, 3.8) is 0 Å². The lowest BCUT2D eigenvalue weighted by atomic mass is 10.1. The molecule has 6 heteroatoms. The Morgan fingerprint density at radius 2 is 1.68 bits per heavy atom. The van der Waals surface area contributed by atoms with Gasteiger partial charge in [0.1, 0.15) is 6.23 Å². The number of unbranched alkanes of at least 4 members (excludes halogenated alkanes) is 9. The monoisotopic (exact) mass is 410 g/mol. The van der Waals surface area contributed by atoms with Crippen LogP contribution in [0.25, 0.3) is 0 Å². The van der Waals surface area contributed by atoms with Crippen LogP contribution in [0.5, 0.6) is 0 Å². The molecule has 1 aromatic carbocycles. The molecule has 1 heterocycles. The maximum atomic E-state index is 11.4. The van der Waals surface area contributed by atoms with Gasteiger partial charge in [-0.25, -0.2) is 0 Å². The van der Waals surface area contributed by atoms with Crippen molar-refractivity contribution in [3.05, 3.63) is 39.9 Å². The molecule has 0 aromatic heterocycles. The first-order chi connectivity index (χ1) is 13.7. The highest BCUT2D eigenvalue weighted by molar-refractivity contribution is 6.18. The highest BCUT2D eigenvalue weighted by Gasteiger charge is 2.36. The first-order valence-electron chi connectivity index (χ1n) is 10.9. The average molecular weight is 411 g/mol. The number of hydrogen-bond donors (Lipinski definition) is 0. The molecule has 2 atom stereocenters. The van der Waals surface area contributed by atoms with E-state index in [9.17, 15) is 10.1 Å². The Kier molecular flexibility index (Phi) is 10.8. The Labute approximate surface area is 174 Å². The SMILES string of the molecule is CCCCCCCCCCCCN1CC(CCl)OC1c1ccccc1[N+](=O)[O-]. The van der Waals surface area contributed by atoms with Gasteiger partial charge in [0.2, 0.25) is 0 Å². The summed E-state index contributed by atoms with van der Waals surface area (Å²) in [7, 11) is 0. The summed E-state index contributed by atoms with van der Waals surface area (Å²) in [6.45, 7) is 3.87. The van der Waals surface area contributed by atoms with Crippen molar-refractivity contribution in [2.75, 3.05) is 19.0 Å². The van der Waals surface area contributed by atoms with Crippen LogP contribution in [0.15, 0.2) is 24.3 Å². The fraction of sp³-hybridized carbons (Fsp3) is 0.727. The van der Waals surface area contributed by atoms with Gasteiger partial charge in [-0.15, -0.1) is 11.6 Å². The van der Waals surface area contributed by atoms with Crippen molar-refractivity contribution >= 4 is 17.3 Å². The topological polar surface area (TPSA) is 55.6 Å². The van der Waals surface area contributed by atoms with E-state index in [2.05, 4.69) is 11.8 Å². The van der Waals surface area contributed by atoms with Crippen LogP contribution in [-0.4, -0.2) is 34.9 Å². The molecule has 0 saturated carbocycles. The molecule has 1 aromatic rings. The fourth-order valence-electron chi connectivity index (χ4n) is 3.90. The van der Waals surface area contributed by atoms with Crippen molar-refractivity contribution in [1.29, 1.82) is 0 Å². The van der Waals surface area contributed by atoms with E-state index >= 15 is 0 Å². The van der Waals surface area contributed by atoms with Crippen molar-refractivity contribution < 1.29 is 9.66 Å². The van der Waals surface area contributed by atoms with Crippen LogP contribution in [0.1, 0.15) is 82.9 Å². The fourth-order valence-corrected chi connectivity index (χ4v) is 4.07. The van der Waals surface area contributed by atoms with E-state index in [-0.39, 0.29) is 22.9 Å². The average Bonchev–Trinajstić information content (AvgIpc) is 3.12. The standard InChI is InChI=1S/C22H35ClN2O3/c1-2-3-4-5-6-7-8-9-10-13-16-24-18-19(17-23)28-22(24)20-14-11-12-15-21(20)25(26)27/h11-12,14-15,19,22H,2-10,13,16-18H2,1H3. The number of ether oxygens (including phenoxy) is 1. The maximum Gasteiger partial charge on any atom is 0.276 e. The second kappa shape index (κ2) is 13.1. The molecule has 5 nitrogen and oxygen atoms in total. The predicted octanol–water partition coefficient (Wildman–Crippen LogP) is 6.45. The van der Waals surface area contributed by atoms with Crippen molar-refractivity contribution in [2.45, 2.75) is 83.5 Å². The third-order valence-corrected chi connectivity index (χ3v) is 5.81. The molecular formula is C22H35ClN2O3. The van der Waals surface area contributed by atoms with Gasteiger partial charge in [0.15, 0.2) is 0 Å². The van der Waals surface area contributed by atoms with Crippen LogP contribution in [-0.2, 0) is 4.74 Å². The molecule has 1 aliphatic rings. The van der Waals surface area contributed by atoms with E-state index in [1.165, 1.54) is 57.8 Å². The molecule has 0 aliphatic carbocycles. The molecule has 0 spiro atoms. The van der Waals surface area contributed by atoms with Gasteiger partial charge in [0, 0.05) is 25.0 Å². The number of benzene rings is 1. The molecule has 0 bridgehead atoms. The van der Waals surface area contributed by atoms with E-state index in [1.54, 1.807) is 18.2 Å². The normalized spacial score (nSPS) is 19.9. The number of rotatable bonds is 14. The zero-order valence-corrected chi connectivity index (χ0v) is 17.9.